The molecule has 1 nitrogen and oxygen atoms in total. The second kappa shape index (κ2) is 6.47. The predicted molar refractivity (Wildman–Crippen MR) is 72.7 cm³/mol. The highest BCUT2D eigenvalue weighted by Crippen LogP contribution is 2.26. The second-order valence-electron chi connectivity index (χ2n) is 4.43. The standard InChI is InChI=1S/C16H22O/c1-4-6-7-10-13-16(17,5-2)15-12-9-8-11-14(15)3/h8-9,11-12,17H,4-7H2,1-3H3/t16-/m1/s1. The lowest BCUT2D eigenvalue weighted by Gasteiger charge is -2.23. The first-order valence-corrected chi connectivity index (χ1v) is 6.42. The van der Waals surface area contributed by atoms with E-state index in [1.807, 2.05) is 38.1 Å². The van der Waals surface area contributed by atoms with Crippen LogP contribution in [0.15, 0.2) is 24.3 Å². The lowest BCUT2D eigenvalue weighted by molar-refractivity contribution is 0.0952. The molecule has 0 aliphatic heterocycles. The summed E-state index contributed by atoms with van der Waals surface area (Å²) >= 11 is 0. The maximum atomic E-state index is 10.6. The highest BCUT2D eigenvalue weighted by molar-refractivity contribution is 5.37. The van der Waals surface area contributed by atoms with Gasteiger partial charge in [0.05, 0.1) is 0 Å². The number of unbranched alkanes of at least 4 members (excludes halogenated alkanes) is 2. The van der Waals surface area contributed by atoms with Crippen molar-refractivity contribution in [1.29, 1.82) is 0 Å². The van der Waals surface area contributed by atoms with E-state index in [4.69, 9.17) is 0 Å². The molecule has 1 heteroatoms. The van der Waals surface area contributed by atoms with E-state index in [0.29, 0.717) is 6.42 Å². The number of rotatable bonds is 4. The number of aryl methyl sites for hydroxylation is 1. The predicted octanol–water partition coefficient (Wildman–Crippen LogP) is 3.79. The molecule has 0 amide bonds. The molecule has 1 rings (SSSR count). The quantitative estimate of drug-likeness (QED) is 0.616. The molecule has 0 fully saturated rings. The average molecular weight is 230 g/mol. The maximum Gasteiger partial charge on any atom is 0.150 e. The summed E-state index contributed by atoms with van der Waals surface area (Å²) in [6.07, 6.45) is 3.73. The molecule has 0 aromatic heterocycles. The molecular formula is C16H22O. The minimum atomic E-state index is -0.987. The van der Waals surface area contributed by atoms with Gasteiger partial charge >= 0.3 is 0 Å². The van der Waals surface area contributed by atoms with E-state index in [1.54, 1.807) is 0 Å². The Kier molecular flexibility index (Phi) is 5.25. The van der Waals surface area contributed by atoms with Crippen LogP contribution in [0.1, 0.15) is 50.7 Å². The van der Waals surface area contributed by atoms with Crippen molar-refractivity contribution >= 4 is 0 Å². The first kappa shape index (κ1) is 13.8. The van der Waals surface area contributed by atoms with Crippen molar-refractivity contribution in [2.45, 2.75) is 52.1 Å². The second-order valence-corrected chi connectivity index (χ2v) is 4.43. The van der Waals surface area contributed by atoms with Crippen molar-refractivity contribution in [2.24, 2.45) is 0 Å². The van der Waals surface area contributed by atoms with Crippen molar-refractivity contribution in [3.8, 4) is 11.8 Å². The van der Waals surface area contributed by atoms with Crippen LogP contribution in [0.4, 0.5) is 0 Å². The van der Waals surface area contributed by atoms with E-state index >= 15 is 0 Å². The van der Waals surface area contributed by atoms with Gasteiger partial charge in [0.2, 0.25) is 0 Å². The summed E-state index contributed by atoms with van der Waals surface area (Å²) < 4.78 is 0. The fraction of sp³-hybridized carbons (Fsp3) is 0.500. The van der Waals surface area contributed by atoms with Crippen LogP contribution in [0.5, 0.6) is 0 Å². The normalized spacial score (nSPS) is 13.6. The van der Waals surface area contributed by atoms with Crippen molar-refractivity contribution in [3.63, 3.8) is 0 Å². The SMILES string of the molecule is CCCCC#C[C@](O)(CC)c1ccccc1C. The van der Waals surface area contributed by atoms with Gasteiger partial charge in [0.15, 0.2) is 5.60 Å². The Bertz CT molecular complexity index is 411. The fourth-order valence-electron chi connectivity index (χ4n) is 1.86. The zero-order chi connectivity index (χ0) is 12.7. The summed E-state index contributed by atoms with van der Waals surface area (Å²) in [7, 11) is 0. The van der Waals surface area contributed by atoms with Crippen LogP contribution in [-0.2, 0) is 5.60 Å². The molecule has 1 atom stereocenters. The highest BCUT2D eigenvalue weighted by Gasteiger charge is 2.25. The average Bonchev–Trinajstić information content (AvgIpc) is 2.35. The molecule has 1 aromatic rings. The van der Waals surface area contributed by atoms with E-state index in [1.165, 1.54) is 0 Å². The van der Waals surface area contributed by atoms with Crippen LogP contribution >= 0.6 is 0 Å². The highest BCUT2D eigenvalue weighted by atomic mass is 16.3. The molecule has 0 bridgehead atoms. The fourth-order valence-corrected chi connectivity index (χ4v) is 1.86. The number of aliphatic hydroxyl groups is 1. The van der Waals surface area contributed by atoms with Crippen LogP contribution in [0.25, 0.3) is 0 Å². The third kappa shape index (κ3) is 3.61. The number of hydrogen-bond donors (Lipinski definition) is 1. The van der Waals surface area contributed by atoms with Crippen molar-refractivity contribution in [2.75, 3.05) is 0 Å². The molecule has 92 valence electrons. The van der Waals surface area contributed by atoms with Crippen LogP contribution in [0.2, 0.25) is 0 Å². The van der Waals surface area contributed by atoms with Gasteiger partial charge in [0, 0.05) is 6.42 Å². The molecule has 0 unspecified atom stereocenters. The third-order valence-corrected chi connectivity index (χ3v) is 3.05. The molecule has 1 aromatic carbocycles. The van der Waals surface area contributed by atoms with Gasteiger partial charge in [-0.25, -0.2) is 0 Å². The van der Waals surface area contributed by atoms with Gasteiger partial charge in [-0.3, -0.25) is 0 Å². The number of hydrogen-bond acceptors (Lipinski definition) is 1. The zero-order valence-corrected chi connectivity index (χ0v) is 11.1. The Labute approximate surface area is 105 Å². The van der Waals surface area contributed by atoms with Crippen molar-refractivity contribution in [1.82, 2.24) is 0 Å². The van der Waals surface area contributed by atoms with Gasteiger partial charge in [-0.1, -0.05) is 56.4 Å². The Morgan fingerprint density at radius 3 is 2.53 bits per heavy atom. The first-order valence-electron chi connectivity index (χ1n) is 6.42. The summed E-state index contributed by atoms with van der Waals surface area (Å²) in [5.41, 5.74) is 1.05. The summed E-state index contributed by atoms with van der Waals surface area (Å²) in [6, 6.07) is 7.92. The van der Waals surface area contributed by atoms with E-state index in [0.717, 1.165) is 30.4 Å². The van der Waals surface area contributed by atoms with E-state index in [9.17, 15) is 5.11 Å². The van der Waals surface area contributed by atoms with Gasteiger partial charge in [0.1, 0.15) is 0 Å². The Balaban J connectivity index is 2.95. The van der Waals surface area contributed by atoms with E-state index in [2.05, 4.69) is 18.8 Å². The first-order chi connectivity index (χ1) is 8.14. The van der Waals surface area contributed by atoms with E-state index in [-0.39, 0.29) is 0 Å². The summed E-state index contributed by atoms with van der Waals surface area (Å²) in [5, 5.41) is 10.6. The van der Waals surface area contributed by atoms with Crippen LogP contribution in [0.3, 0.4) is 0 Å². The lowest BCUT2D eigenvalue weighted by Crippen LogP contribution is -2.23. The molecule has 0 aliphatic carbocycles. The molecule has 0 saturated heterocycles. The molecule has 0 heterocycles. The van der Waals surface area contributed by atoms with Crippen LogP contribution in [0, 0.1) is 18.8 Å². The van der Waals surface area contributed by atoms with Crippen LogP contribution < -0.4 is 0 Å². The summed E-state index contributed by atoms with van der Waals surface area (Å²) in [4.78, 5) is 0. The van der Waals surface area contributed by atoms with Gasteiger partial charge in [-0.05, 0) is 30.9 Å². The molecule has 0 aliphatic rings. The largest absolute Gasteiger partial charge is 0.373 e. The Morgan fingerprint density at radius 1 is 1.24 bits per heavy atom. The monoisotopic (exact) mass is 230 g/mol. The summed E-state index contributed by atoms with van der Waals surface area (Å²) in [6.45, 7) is 6.14. The summed E-state index contributed by atoms with van der Waals surface area (Å²) in [5.74, 6) is 6.15. The van der Waals surface area contributed by atoms with Gasteiger partial charge < -0.3 is 5.11 Å². The molecule has 0 radical (unpaired) electrons. The Morgan fingerprint density at radius 2 is 1.94 bits per heavy atom. The smallest absolute Gasteiger partial charge is 0.150 e. The van der Waals surface area contributed by atoms with Crippen molar-refractivity contribution in [3.05, 3.63) is 35.4 Å². The minimum Gasteiger partial charge on any atom is -0.373 e. The molecule has 1 N–H and O–H groups in total. The molecule has 17 heavy (non-hydrogen) atoms. The Hall–Kier alpha value is -1.26. The van der Waals surface area contributed by atoms with E-state index < -0.39 is 5.60 Å². The van der Waals surface area contributed by atoms with Crippen molar-refractivity contribution < 1.29 is 5.11 Å². The van der Waals surface area contributed by atoms with Crippen LogP contribution in [-0.4, -0.2) is 5.11 Å². The molecule has 0 spiro atoms. The topological polar surface area (TPSA) is 20.2 Å². The van der Waals surface area contributed by atoms with Gasteiger partial charge in [0.25, 0.3) is 0 Å². The number of benzene rings is 1. The third-order valence-electron chi connectivity index (χ3n) is 3.05. The van der Waals surface area contributed by atoms with Gasteiger partial charge in [-0.15, -0.1) is 0 Å². The molecular weight excluding hydrogens is 208 g/mol. The lowest BCUT2D eigenvalue weighted by atomic mass is 9.88. The minimum absolute atomic E-state index is 0.622. The maximum absolute atomic E-state index is 10.6. The zero-order valence-electron chi connectivity index (χ0n) is 11.1. The molecule has 0 saturated carbocycles. The van der Waals surface area contributed by atoms with Gasteiger partial charge in [-0.2, -0.15) is 0 Å².